The first-order valence-corrected chi connectivity index (χ1v) is 6.04. The Hall–Kier alpha value is -1.85. The van der Waals surface area contributed by atoms with Gasteiger partial charge in [-0.2, -0.15) is 0 Å². The van der Waals surface area contributed by atoms with E-state index in [2.05, 4.69) is 15.3 Å². The molecule has 2 rings (SSSR count). The van der Waals surface area contributed by atoms with Crippen molar-refractivity contribution in [2.24, 2.45) is 0 Å². The van der Waals surface area contributed by atoms with Gasteiger partial charge in [0.05, 0.1) is 22.9 Å². The normalized spacial score (nSPS) is 10.2. The monoisotopic (exact) mass is 297 g/mol. The minimum Gasteiger partial charge on any atom is -0.478 e. The summed E-state index contributed by atoms with van der Waals surface area (Å²) in [4.78, 5) is 18.6. The van der Waals surface area contributed by atoms with Gasteiger partial charge in [0, 0.05) is 11.2 Å². The summed E-state index contributed by atoms with van der Waals surface area (Å²) >= 11 is 11.8. The summed E-state index contributed by atoms with van der Waals surface area (Å²) in [6.45, 7) is 0.228. The quantitative estimate of drug-likeness (QED) is 0.907. The fourth-order valence-corrected chi connectivity index (χ4v) is 1.96. The molecule has 19 heavy (non-hydrogen) atoms. The Bertz CT molecular complexity index is 620. The van der Waals surface area contributed by atoms with Gasteiger partial charge in [0.25, 0.3) is 0 Å². The van der Waals surface area contributed by atoms with E-state index in [-0.39, 0.29) is 12.1 Å². The molecular formula is C12H9Cl2N3O2. The number of nitrogens with one attached hydrogen (secondary N) is 1. The third kappa shape index (κ3) is 3.33. The van der Waals surface area contributed by atoms with E-state index in [4.69, 9.17) is 28.3 Å². The van der Waals surface area contributed by atoms with Crippen molar-refractivity contribution in [2.75, 3.05) is 5.32 Å². The first kappa shape index (κ1) is 13.6. The Kier molecular flexibility index (Phi) is 4.19. The Morgan fingerprint density at radius 1 is 1.37 bits per heavy atom. The van der Waals surface area contributed by atoms with Crippen molar-refractivity contribution in [3.8, 4) is 0 Å². The van der Waals surface area contributed by atoms with Crippen LogP contribution in [0.15, 0.2) is 30.7 Å². The van der Waals surface area contributed by atoms with Crippen LogP contribution in [-0.4, -0.2) is 21.0 Å². The van der Waals surface area contributed by atoms with Gasteiger partial charge in [-0.05, 0) is 18.2 Å². The molecule has 0 aliphatic carbocycles. The first-order chi connectivity index (χ1) is 9.08. The fourth-order valence-electron chi connectivity index (χ4n) is 1.49. The van der Waals surface area contributed by atoms with Crippen molar-refractivity contribution in [1.29, 1.82) is 0 Å². The third-order valence-electron chi connectivity index (χ3n) is 2.40. The number of carbonyl (C=O) groups is 1. The Morgan fingerprint density at radius 2 is 2.16 bits per heavy atom. The molecule has 98 valence electrons. The SMILES string of the molecule is O=C(O)c1cncnc1CNc1ccc(Cl)cc1Cl. The molecule has 0 atom stereocenters. The largest absolute Gasteiger partial charge is 0.478 e. The first-order valence-electron chi connectivity index (χ1n) is 5.29. The molecular weight excluding hydrogens is 289 g/mol. The molecule has 0 bridgehead atoms. The van der Waals surface area contributed by atoms with Crippen LogP contribution in [0.4, 0.5) is 5.69 Å². The second-order valence-electron chi connectivity index (χ2n) is 3.67. The van der Waals surface area contributed by atoms with Crippen molar-refractivity contribution >= 4 is 34.9 Å². The van der Waals surface area contributed by atoms with E-state index in [0.29, 0.717) is 21.4 Å². The molecule has 2 N–H and O–H groups in total. The molecule has 7 heteroatoms. The van der Waals surface area contributed by atoms with Crippen LogP contribution in [0.5, 0.6) is 0 Å². The summed E-state index contributed by atoms with van der Waals surface area (Å²) in [6, 6.07) is 5.00. The number of carboxylic acids is 1. The topological polar surface area (TPSA) is 75.1 Å². The zero-order chi connectivity index (χ0) is 13.8. The summed E-state index contributed by atoms with van der Waals surface area (Å²) in [6.07, 6.45) is 2.56. The summed E-state index contributed by atoms with van der Waals surface area (Å²) in [7, 11) is 0. The Balaban J connectivity index is 2.17. The molecule has 1 aromatic heterocycles. The van der Waals surface area contributed by atoms with Gasteiger partial charge in [-0.3, -0.25) is 0 Å². The molecule has 0 aliphatic heterocycles. The average Bonchev–Trinajstić information content (AvgIpc) is 2.38. The number of aromatic nitrogens is 2. The Morgan fingerprint density at radius 3 is 2.84 bits per heavy atom. The number of rotatable bonds is 4. The van der Waals surface area contributed by atoms with Gasteiger partial charge in [0.2, 0.25) is 0 Å². The number of hydrogen-bond acceptors (Lipinski definition) is 4. The number of anilines is 1. The molecule has 0 fully saturated rings. The number of halogens is 2. The van der Waals surface area contributed by atoms with Crippen LogP contribution in [0.3, 0.4) is 0 Å². The maximum absolute atomic E-state index is 11.0. The zero-order valence-electron chi connectivity index (χ0n) is 9.60. The Labute approximate surface area is 119 Å². The number of hydrogen-bond donors (Lipinski definition) is 2. The molecule has 0 aliphatic rings. The lowest BCUT2D eigenvalue weighted by atomic mass is 10.2. The standard InChI is InChI=1S/C12H9Cl2N3O2/c13-7-1-2-10(9(14)3-7)16-5-11-8(12(18)19)4-15-6-17-11/h1-4,6,16H,5H2,(H,18,19). The van der Waals surface area contributed by atoms with Gasteiger partial charge in [0.15, 0.2) is 0 Å². The number of aromatic carboxylic acids is 1. The van der Waals surface area contributed by atoms with Gasteiger partial charge >= 0.3 is 5.97 Å². The van der Waals surface area contributed by atoms with E-state index in [1.165, 1.54) is 12.5 Å². The molecule has 0 radical (unpaired) electrons. The molecule has 1 aromatic carbocycles. The summed E-state index contributed by atoms with van der Waals surface area (Å²) in [5.41, 5.74) is 1.09. The van der Waals surface area contributed by atoms with Gasteiger partial charge in [-0.1, -0.05) is 23.2 Å². The van der Waals surface area contributed by atoms with Gasteiger partial charge < -0.3 is 10.4 Å². The van der Waals surface area contributed by atoms with E-state index in [1.54, 1.807) is 18.2 Å². The summed E-state index contributed by atoms with van der Waals surface area (Å²) < 4.78 is 0. The van der Waals surface area contributed by atoms with Crippen molar-refractivity contribution in [2.45, 2.75) is 6.54 Å². The highest BCUT2D eigenvalue weighted by Gasteiger charge is 2.11. The molecule has 0 unspecified atom stereocenters. The summed E-state index contributed by atoms with van der Waals surface area (Å²) in [5, 5.41) is 13.0. The highest BCUT2D eigenvalue weighted by atomic mass is 35.5. The van der Waals surface area contributed by atoms with E-state index < -0.39 is 5.97 Å². The average molecular weight is 298 g/mol. The minimum atomic E-state index is -1.07. The van der Waals surface area contributed by atoms with E-state index in [1.807, 2.05) is 0 Å². The zero-order valence-corrected chi connectivity index (χ0v) is 11.1. The van der Waals surface area contributed by atoms with Crippen LogP contribution < -0.4 is 5.32 Å². The molecule has 5 nitrogen and oxygen atoms in total. The highest BCUT2D eigenvalue weighted by Crippen LogP contribution is 2.25. The molecule has 2 aromatic rings. The number of carboxylic acid groups (broad SMARTS) is 1. The van der Waals surface area contributed by atoms with Crippen LogP contribution in [-0.2, 0) is 6.54 Å². The fraction of sp³-hybridized carbons (Fsp3) is 0.0833. The minimum absolute atomic E-state index is 0.0556. The molecule has 0 saturated carbocycles. The van der Waals surface area contributed by atoms with Gasteiger partial charge in [-0.15, -0.1) is 0 Å². The van der Waals surface area contributed by atoms with E-state index in [9.17, 15) is 4.79 Å². The lowest BCUT2D eigenvalue weighted by Crippen LogP contribution is -2.10. The highest BCUT2D eigenvalue weighted by molar-refractivity contribution is 6.36. The van der Waals surface area contributed by atoms with Crippen molar-refractivity contribution in [1.82, 2.24) is 9.97 Å². The third-order valence-corrected chi connectivity index (χ3v) is 2.95. The van der Waals surface area contributed by atoms with Crippen LogP contribution >= 0.6 is 23.2 Å². The van der Waals surface area contributed by atoms with E-state index in [0.717, 1.165) is 0 Å². The van der Waals surface area contributed by atoms with Crippen molar-refractivity contribution in [3.63, 3.8) is 0 Å². The molecule has 1 heterocycles. The summed E-state index contributed by atoms with van der Waals surface area (Å²) in [5.74, 6) is -1.07. The molecule has 0 spiro atoms. The van der Waals surface area contributed by atoms with Crippen LogP contribution in [0.2, 0.25) is 10.0 Å². The van der Waals surface area contributed by atoms with Crippen LogP contribution in [0, 0.1) is 0 Å². The smallest absolute Gasteiger partial charge is 0.339 e. The second kappa shape index (κ2) is 5.86. The lowest BCUT2D eigenvalue weighted by molar-refractivity contribution is 0.0694. The maximum atomic E-state index is 11.0. The van der Waals surface area contributed by atoms with Gasteiger partial charge in [-0.25, -0.2) is 14.8 Å². The predicted octanol–water partition coefficient (Wildman–Crippen LogP) is 3.09. The maximum Gasteiger partial charge on any atom is 0.339 e. The van der Waals surface area contributed by atoms with Gasteiger partial charge in [0.1, 0.15) is 11.9 Å². The van der Waals surface area contributed by atoms with Crippen molar-refractivity contribution in [3.05, 3.63) is 52.0 Å². The van der Waals surface area contributed by atoms with E-state index >= 15 is 0 Å². The number of nitrogens with zero attached hydrogens (tertiary/aromatic N) is 2. The van der Waals surface area contributed by atoms with Crippen molar-refractivity contribution < 1.29 is 9.90 Å². The van der Waals surface area contributed by atoms with Crippen LogP contribution in [0.25, 0.3) is 0 Å². The van der Waals surface area contributed by atoms with Crippen LogP contribution in [0.1, 0.15) is 16.1 Å². The molecule has 0 amide bonds. The predicted molar refractivity (Wildman–Crippen MR) is 72.8 cm³/mol. The molecule has 0 saturated heterocycles. The number of benzene rings is 1. The lowest BCUT2D eigenvalue weighted by Gasteiger charge is -2.09. The second-order valence-corrected chi connectivity index (χ2v) is 4.51.